The number of hydrogen-bond donors (Lipinski definition) is 5. The molecule has 0 spiro atoms. The van der Waals surface area contributed by atoms with Gasteiger partial charge in [-0.2, -0.15) is 5.10 Å². The Bertz CT molecular complexity index is 1920. The van der Waals surface area contributed by atoms with Crippen molar-refractivity contribution < 1.29 is 43.3 Å². The fourth-order valence-corrected chi connectivity index (χ4v) is 6.89. The Labute approximate surface area is 345 Å². The molecule has 0 bridgehead atoms. The molecule has 6 N–H and O–H groups in total. The summed E-state index contributed by atoms with van der Waals surface area (Å²) < 4.78 is 11.0. The molecule has 2 aliphatic rings. The Kier molecular flexibility index (Phi) is 15.3. The first-order chi connectivity index (χ1) is 27.6. The van der Waals surface area contributed by atoms with E-state index in [-0.39, 0.29) is 29.9 Å². The van der Waals surface area contributed by atoms with Gasteiger partial charge >= 0.3 is 18.2 Å². The first kappa shape index (κ1) is 45.8. The zero-order valence-electron chi connectivity index (χ0n) is 35.2. The number of carboxylic acid groups (broad SMARTS) is 1. The summed E-state index contributed by atoms with van der Waals surface area (Å²) in [6.45, 7) is 14.4. The van der Waals surface area contributed by atoms with Crippen LogP contribution in [0, 0.1) is 0 Å². The molecular weight excluding hydrogens is 759 g/mol. The van der Waals surface area contributed by atoms with Gasteiger partial charge in [0.2, 0.25) is 11.8 Å². The molecule has 16 heteroatoms. The maximum atomic E-state index is 13.1. The first-order valence-electron chi connectivity index (χ1n) is 19.9. The molecule has 0 aliphatic carbocycles. The summed E-state index contributed by atoms with van der Waals surface area (Å²) in [6, 6.07) is 17.9. The maximum absolute atomic E-state index is 13.1. The summed E-state index contributed by atoms with van der Waals surface area (Å²) in [5, 5.41) is 20.9. The molecule has 16 nitrogen and oxygen atoms in total. The predicted octanol–water partition coefficient (Wildman–Crippen LogP) is 5.16. The average Bonchev–Trinajstić information content (AvgIpc) is 3.92. The van der Waals surface area contributed by atoms with Gasteiger partial charge in [0.05, 0.1) is 6.04 Å². The van der Waals surface area contributed by atoms with Gasteiger partial charge in [0, 0.05) is 43.1 Å². The number of hydrogen-bond acceptors (Lipinski definition) is 10. The first-order valence-corrected chi connectivity index (χ1v) is 19.9. The second-order valence-electron chi connectivity index (χ2n) is 17.1. The summed E-state index contributed by atoms with van der Waals surface area (Å²) in [7, 11) is 0. The van der Waals surface area contributed by atoms with Crippen molar-refractivity contribution in [3.63, 3.8) is 0 Å². The van der Waals surface area contributed by atoms with E-state index in [0.717, 1.165) is 16.8 Å². The molecule has 320 valence electrons. The number of Topliss-reactive ketones (excluding diaryl/α,β-unsaturated/α-hetero) is 1. The minimum absolute atomic E-state index is 0.00585. The van der Waals surface area contributed by atoms with E-state index in [0.29, 0.717) is 38.2 Å². The lowest BCUT2D eigenvalue weighted by atomic mass is 9.96. The molecule has 5 rings (SSSR count). The van der Waals surface area contributed by atoms with Crippen LogP contribution in [0.4, 0.5) is 15.4 Å². The van der Waals surface area contributed by atoms with Gasteiger partial charge in [-0.25, -0.2) is 9.59 Å². The van der Waals surface area contributed by atoms with Gasteiger partial charge in [-0.05, 0) is 85.8 Å². The summed E-state index contributed by atoms with van der Waals surface area (Å²) in [6.07, 6.45) is 0.462. The normalized spacial score (nSPS) is 20.1. The third kappa shape index (κ3) is 13.6. The Morgan fingerprint density at radius 2 is 1.19 bits per heavy atom. The van der Waals surface area contributed by atoms with E-state index in [2.05, 4.69) is 20.8 Å². The number of ether oxygens (including phenoxy) is 2. The van der Waals surface area contributed by atoms with Gasteiger partial charge in [0.1, 0.15) is 35.1 Å². The summed E-state index contributed by atoms with van der Waals surface area (Å²) in [5.41, 5.74) is 7.07. The molecular formula is C43H59N7O9. The van der Waals surface area contributed by atoms with Crippen LogP contribution in [0.2, 0.25) is 0 Å². The van der Waals surface area contributed by atoms with Crippen molar-refractivity contribution in [3.8, 4) is 0 Å². The highest BCUT2D eigenvalue weighted by Gasteiger charge is 2.44. The predicted molar refractivity (Wildman–Crippen MR) is 220 cm³/mol. The molecule has 0 saturated carbocycles. The van der Waals surface area contributed by atoms with Gasteiger partial charge < -0.3 is 30.9 Å². The number of carbonyl (C=O) groups excluding carboxylic acids is 5. The number of aromatic nitrogens is 2. The van der Waals surface area contributed by atoms with E-state index in [4.69, 9.17) is 20.3 Å². The standard InChI is InChI=1S/C24H33N5O4.C19H26N2O5/c1-15(20(30)11-10-18-13-21(25)28-27-18)26-22(31)19-12-17(16-8-6-5-7-9-16)14-29(19)23(32)33-24(2,3)4;1-12(17(23)24)20-16(22)15-10-14(13-8-6-5-7-9-13)11-21(15)18(25)26-19(2,3)4/h5-9,13,15,17,19H,10-12,14H2,1-4H3,(H,26,31)(H3,25,27,28);5-9,12,14-15H,10-11H2,1-4H3,(H,20,22)(H,23,24)/t15-,17-,19+;12-,14-,15+/m00/s1. The van der Waals surface area contributed by atoms with Crippen LogP contribution in [0.3, 0.4) is 0 Å². The number of aliphatic carboxylic acids is 1. The number of amides is 4. The third-order valence-corrected chi connectivity index (χ3v) is 9.87. The van der Waals surface area contributed by atoms with Gasteiger partial charge in [-0.1, -0.05) is 60.7 Å². The lowest BCUT2D eigenvalue weighted by molar-refractivity contribution is -0.141. The number of nitrogens with zero attached hydrogens (tertiary/aromatic N) is 3. The van der Waals surface area contributed by atoms with Crippen LogP contribution in [0.5, 0.6) is 0 Å². The highest BCUT2D eigenvalue weighted by atomic mass is 16.6. The van der Waals surface area contributed by atoms with Crippen molar-refractivity contribution in [1.82, 2.24) is 30.6 Å². The lowest BCUT2D eigenvalue weighted by Crippen LogP contribution is -2.50. The fraction of sp³-hybridized carbons (Fsp3) is 0.512. The Morgan fingerprint density at radius 1 is 0.763 bits per heavy atom. The van der Waals surface area contributed by atoms with Crippen LogP contribution < -0.4 is 16.4 Å². The van der Waals surface area contributed by atoms with Crippen LogP contribution in [-0.4, -0.2) is 109 Å². The third-order valence-electron chi connectivity index (χ3n) is 9.87. The Morgan fingerprint density at radius 3 is 1.56 bits per heavy atom. The SMILES string of the molecule is C[C@H](NC(=O)[C@H]1C[C@H](c2ccccc2)CN1C(=O)OC(C)(C)C)C(=O)CCc1cc(N)n[nH]1.C[C@H](NC(=O)[C@H]1C[C@H](c2ccccc2)CN1C(=O)OC(C)(C)C)C(=O)O. The number of aryl methyl sites for hydroxylation is 1. The number of aromatic amines is 1. The van der Waals surface area contributed by atoms with Crippen molar-refractivity contribution in [2.75, 3.05) is 18.8 Å². The van der Waals surface area contributed by atoms with Gasteiger partial charge in [-0.3, -0.25) is 34.1 Å². The number of H-pyrrole nitrogens is 1. The number of nitrogen functional groups attached to an aromatic ring is 1. The fourth-order valence-electron chi connectivity index (χ4n) is 6.89. The van der Waals surface area contributed by atoms with Crippen LogP contribution >= 0.6 is 0 Å². The van der Waals surface area contributed by atoms with Crippen LogP contribution in [0.15, 0.2) is 66.7 Å². The summed E-state index contributed by atoms with van der Waals surface area (Å²) in [5.74, 6) is -1.71. The van der Waals surface area contributed by atoms with E-state index in [1.165, 1.54) is 16.7 Å². The highest BCUT2D eigenvalue weighted by Crippen LogP contribution is 2.34. The van der Waals surface area contributed by atoms with Gasteiger partial charge in [0.15, 0.2) is 5.78 Å². The molecule has 1 aromatic heterocycles. The number of ketones is 1. The molecule has 2 aliphatic heterocycles. The molecule has 2 aromatic carbocycles. The van der Waals surface area contributed by atoms with Crippen molar-refractivity contribution in [2.24, 2.45) is 0 Å². The number of nitrogens with two attached hydrogens (primary N) is 1. The number of likely N-dealkylation sites (tertiary alicyclic amines) is 2. The van der Waals surface area contributed by atoms with Crippen LogP contribution in [-0.2, 0) is 35.1 Å². The average molecular weight is 818 g/mol. The van der Waals surface area contributed by atoms with E-state index in [1.54, 1.807) is 54.5 Å². The molecule has 4 amide bonds. The smallest absolute Gasteiger partial charge is 0.410 e. The number of nitrogens with one attached hydrogen (secondary N) is 3. The largest absolute Gasteiger partial charge is 0.480 e. The Balaban J connectivity index is 0.000000268. The van der Waals surface area contributed by atoms with E-state index < -0.39 is 59.4 Å². The maximum Gasteiger partial charge on any atom is 0.410 e. The molecule has 2 fully saturated rings. The second-order valence-corrected chi connectivity index (χ2v) is 17.1. The quantitative estimate of drug-likeness (QED) is 0.170. The minimum atomic E-state index is -1.13. The number of carboxylic acids is 1. The van der Waals surface area contributed by atoms with Gasteiger partial charge in [0.25, 0.3) is 0 Å². The number of anilines is 1. The minimum Gasteiger partial charge on any atom is -0.480 e. The molecule has 3 heterocycles. The topological polar surface area (TPSA) is 226 Å². The van der Waals surface area contributed by atoms with Crippen LogP contribution in [0.25, 0.3) is 0 Å². The highest BCUT2D eigenvalue weighted by molar-refractivity contribution is 5.92. The zero-order chi connectivity index (χ0) is 43.7. The molecule has 0 unspecified atom stereocenters. The second kappa shape index (κ2) is 19.7. The van der Waals surface area contributed by atoms with E-state index in [1.807, 2.05) is 60.7 Å². The van der Waals surface area contributed by atoms with Crippen molar-refractivity contribution >= 4 is 41.6 Å². The summed E-state index contributed by atoms with van der Waals surface area (Å²) >= 11 is 0. The van der Waals surface area contributed by atoms with Crippen molar-refractivity contribution in [1.29, 1.82) is 0 Å². The zero-order valence-corrected chi connectivity index (χ0v) is 35.2. The molecule has 3 aromatic rings. The molecule has 6 atom stereocenters. The number of rotatable bonds is 11. The molecule has 0 radical (unpaired) electrons. The van der Waals surface area contributed by atoms with Gasteiger partial charge in [-0.15, -0.1) is 0 Å². The lowest BCUT2D eigenvalue weighted by Gasteiger charge is -2.28. The summed E-state index contributed by atoms with van der Waals surface area (Å²) in [4.78, 5) is 77.7. The number of carbonyl (C=O) groups is 6. The van der Waals surface area contributed by atoms with Crippen molar-refractivity contribution in [2.45, 2.75) is 128 Å². The van der Waals surface area contributed by atoms with E-state index >= 15 is 0 Å². The molecule has 59 heavy (non-hydrogen) atoms. The van der Waals surface area contributed by atoms with Crippen molar-refractivity contribution in [3.05, 3.63) is 83.6 Å². The van der Waals surface area contributed by atoms with E-state index in [9.17, 15) is 28.8 Å². The number of benzene rings is 2. The van der Waals surface area contributed by atoms with Crippen LogP contribution in [0.1, 0.15) is 103 Å². The Hall–Kier alpha value is -5.93. The monoisotopic (exact) mass is 817 g/mol. The molecule has 2 saturated heterocycles.